The number of carbonyl (C=O) groups excluding carboxylic acids is 1. The predicted octanol–water partition coefficient (Wildman–Crippen LogP) is 2.86. The van der Waals surface area contributed by atoms with Crippen LogP contribution in [0.1, 0.15) is 55.1 Å². The molecule has 1 saturated heterocycles. The number of halogens is 2. The molecule has 0 aromatic heterocycles. The van der Waals surface area contributed by atoms with Crippen LogP contribution in [0.25, 0.3) is 0 Å². The largest absolute Gasteiger partial charge is 1.00 e. The summed E-state index contributed by atoms with van der Waals surface area (Å²) >= 11 is 6.36. The van der Waals surface area contributed by atoms with Crippen molar-refractivity contribution in [2.24, 2.45) is 5.92 Å². The first kappa shape index (κ1) is 22.9. The molecule has 2 aliphatic heterocycles. The molecule has 2 heterocycles. The van der Waals surface area contributed by atoms with Gasteiger partial charge in [0.25, 0.3) is 0 Å². The number of nitrogens with zero attached hydrogens (tertiary/aromatic N) is 1. The maximum absolute atomic E-state index is 12.4. The van der Waals surface area contributed by atoms with Crippen molar-refractivity contribution in [1.29, 1.82) is 0 Å². The monoisotopic (exact) mass is 553 g/mol. The summed E-state index contributed by atoms with van der Waals surface area (Å²) in [4.78, 5) is 12.4. The van der Waals surface area contributed by atoms with Crippen LogP contribution in [0, 0.1) is 5.92 Å². The van der Waals surface area contributed by atoms with Crippen LogP contribution in [0.5, 0.6) is 11.5 Å². The first-order chi connectivity index (χ1) is 14.5. The Labute approximate surface area is 206 Å². The second-order valence-electron chi connectivity index (χ2n) is 9.52. The van der Waals surface area contributed by atoms with Gasteiger partial charge in [-0.1, -0.05) is 42.6 Å². The van der Waals surface area contributed by atoms with Crippen molar-refractivity contribution in [3.63, 3.8) is 0 Å². The van der Waals surface area contributed by atoms with Crippen molar-refractivity contribution in [3.05, 3.63) is 58.6 Å². The van der Waals surface area contributed by atoms with Crippen molar-refractivity contribution in [2.45, 2.75) is 43.9 Å². The van der Waals surface area contributed by atoms with Gasteiger partial charge >= 0.3 is 5.97 Å². The normalized spacial score (nSPS) is 26.6. The molecular weight excluding hydrogens is 525 g/mol. The highest BCUT2D eigenvalue weighted by atomic mass is 127. The maximum atomic E-state index is 12.4. The summed E-state index contributed by atoms with van der Waals surface area (Å²) in [7, 11) is 2.20. The molecule has 1 saturated carbocycles. The van der Waals surface area contributed by atoms with Gasteiger partial charge in [0.05, 0.1) is 20.1 Å². The predicted molar refractivity (Wildman–Crippen MR) is 117 cm³/mol. The van der Waals surface area contributed by atoms with E-state index in [2.05, 4.69) is 19.2 Å². The molecule has 5 rings (SSSR count). The van der Waals surface area contributed by atoms with Gasteiger partial charge in [-0.3, -0.25) is 9.28 Å². The number of ether oxygens (including phenoxy) is 2. The number of likely N-dealkylation sites (N-methyl/N-ethyl adjacent to an activating group) is 1. The molecule has 0 amide bonds. The number of esters is 1. The van der Waals surface area contributed by atoms with Gasteiger partial charge in [-0.05, 0) is 43.0 Å². The van der Waals surface area contributed by atoms with Crippen LogP contribution in [-0.4, -0.2) is 37.3 Å². The number of para-hydroxylation sites is 1. The van der Waals surface area contributed by atoms with E-state index in [1.165, 1.54) is 31.2 Å². The third kappa shape index (κ3) is 4.74. The lowest BCUT2D eigenvalue weighted by atomic mass is 9.84. The summed E-state index contributed by atoms with van der Waals surface area (Å²) in [5.74, 6) is 2.86. The molecule has 3 unspecified atom stereocenters. The molecule has 4 nitrogen and oxygen atoms in total. The van der Waals surface area contributed by atoms with Crippen LogP contribution in [0.3, 0.4) is 0 Å². The first-order valence-corrected chi connectivity index (χ1v) is 11.4. The Hall–Kier alpha value is -1.31. The molecule has 0 bridgehead atoms. The molecule has 0 radical (unpaired) electrons. The van der Waals surface area contributed by atoms with E-state index >= 15 is 0 Å². The minimum Gasteiger partial charge on any atom is -1.00 e. The molecular formula is C25H29ClINO3. The molecule has 0 spiro atoms. The Morgan fingerprint density at radius 1 is 1.06 bits per heavy atom. The van der Waals surface area contributed by atoms with Crippen molar-refractivity contribution in [2.75, 3.05) is 26.9 Å². The van der Waals surface area contributed by atoms with Crippen LogP contribution in [0.2, 0.25) is 5.02 Å². The third-order valence-corrected chi connectivity index (χ3v) is 7.37. The standard InChI is InChI=1S/C25H29ClNO3.HI/c1-27(16-29-25(28)12-17-6-2-3-7-17)14-21-19-8-4-5-9-23(19)30-24-11-10-18(26)13-20(24)22(21)15-27;/h4-5,8-11,13,17,21-22H,2-3,6-7,12,14-16H2,1H3;1H/q+1;/p-1. The third-order valence-electron chi connectivity index (χ3n) is 7.14. The van der Waals surface area contributed by atoms with Crippen LogP contribution in [-0.2, 0) is 9.53 Å². The molecule has 2 aromatic carbocycles. The maximum Gasteiger partial charge on any atom is 0.310 e. The average Bonchev–Trinajstić information content (AvgIpc) is 3.34. The fourth-order valence-electron chi connectivity index (χ4n) is 5.65. The van der Waals surface area contributed by atoms with Crippen LogP contribution < -0.4 is 28.7 Å². The quantitative estimate of drug-likeness (QED) is 0.332. The van der Waals surface area contributed by atoms with Gasteiger partial charge in [0, 0.05) is 34.4 Å². The Balaban J connectivity index is 0.00000231. The molecule has 3 aliphatic rings. The molecule has 0 N–H and O–H groups in total. The van der Waals surface area contributed by atoms with Gasteiger partial charge in [0.15, 0.2) is 0 Å². The smallest absolute Gasteiger partial charge is 0.310 e. The van der Waals surface area contributed by atoms with Crippen molar-refractivity contribution >= 4 is 17.6 Å². The number of quaternary nitrogens is 1. The van der Waals surface area contributed by atoms with E-state index in [1.54, 1.807) is 0 Å². The van der Waals surface area contributed by atoms with E-state index in [1.807, 2.05) is 30.3 Å². The zero-order valence-electron chi connectivity index (χ0n) is 17.9. The highest BCUT2D eigenvalue weighted by molar-refractivity contribution is 6.30. The van der Waals surface area contributed by atoms with E-state index in [4.69, 9.17) is 21.1 Å². The topological polar surface area (TPSA) is 35.5 Å². The number of fused-ring (bicyclic) bond motifs is 5. The SMILES string of the molecule is C[N+]1(COC(=O)CC2CCCC2)CC2c3ccccc3Oc3ccc(Cl)cc3C2C1.[I-]. The highest BCUT2D eigenvalue weighted by Gasteiger charge is 2.48. The van der Waals surface area contributed by atoms with Gasteiger partial charge in [0.2, 0.25) is 6.73 Å². The van der Waals surface area contributed by atoms with Gasteiger partial charge < -0.3 is 33.5 Å². The van der Waals surface area contributed by atoms with E-state index < -0.39 is 0 Å². The summed E-state index contributed by atoms with van der Waals surface area (Å²) in [6.07, 6.45) is 5.40. The second kappa shape index (κ2) is 9.28. The van der Waals surface area contributed by atoms with Crippen LogP contribution >= 0.6 is 11.6 Å². The fourth-order valence-corrected chi connectivity index (χ4v) is 5.83. The zero-order chi connectivity index (χ0) is 20.7. The summed E-state index contributed by atoms with van der Waals surface area (Å²) in [6.45, 7) is 2.23. The molecule has 6 heteroatoms. The van der Waals surface area contributed by atoms with E-state index in [9.17, 15) is 4.79 Å². The Morgan fingerprint density at radius 3 is 2.52 bits per heavy atom. The average molecular weight is 554 g/mol. The number of hydrogen-bond acceptors (Lipinski definition) is 3. The molecule has 3 atom stereocenters. The Bertz CT molecular complexity index is 962. The minimum atomic E-state index is -0.0412. The summed E-state index contributed by atoms with van der Waals surface area (Å²) in [6, 6.07) is 14.2. The van der Waals surface area contributed by atoms with Crippen molar-refractivity contribution in [1.82, 2.24) is 0 Å². The number of benzene rings is 2. The highest BCUT2D eigenvalue weighted by Crippen LogP contribution is 2.51. The van der Waals surface area contributed by atoms with Gasteiger partial charge in [-0.2, -0.15) is 0 Å². The van der Waals surface area contributed by atoms with Crippen molar-refractivity contribution in [3.8, 4) is 11.5 Å². The van der Waals surface area contributed by atoms with Crippen molar-refractivity contribution < 1.29 is 42.7 Å². The molecule has 166 valence electrons. The molecule has 2 aromatic rings. The molecule has 2 fully saturated rings. The number of likely N-dealkylation sites (tertiary alicyclic amines) is 1. The van der Waals surface area contributed by atoms with E-state index in [0.717, 1.165) is 35.2 Å². The van der Waals surface area contributed by atoms with Gasteiger partial charge in [-0.25, -0.2) is 0 Å². The van der Waals surface area contributed by atoms with Crippen LogP contribution in [0.4, 0.5) is 0 Å². The van der Waals surface area contributed by atoms with Gasteiger partial charge in [-0.15, -0.1) is 0 Å². The number of carbonyl (C=O) groups is 1. The summed E-state index contributed by atoms with van der Waals surface area (Å²) < 4.78 is 12.8. The lowest BCUT2D eigenvalue weighted by Gasteiger charge is -2.29. The zero-order valence-corrected chi connectivity index (χ0v) is 20.8. The Morgan fingerprint density at radius 2 is 1.74 bits per heavy atom. The lowest BCUT2D eigenvalue weighted by Crippen LogP contribution is -3.00. The molecule has 31 heavy (non-hydrogen) atoms. The van der Waals surface area contributed by atoms with Gasteiger partial charge in [0.1, 0.15) is 11.5 Å². The Kier molecular flexibility index (Phi) is 6.85. The minimum absolute atomic E-state index is 0. The fraction of sp³-hybridized carbons (Fsp3) is 0.480. The summed E-state index contributed by atoms with van der Waals surface area (Å²) in [5, 5.41) is 0.728. The number of hydrogen-bond donors (Lipinski definition) is 0. The van der Waals surface area contributed by atoms with E-state index in [0.29, 0.717) is 29.5 Å². The second-order valence-corrected chi connectivity index (χ2v) is 9.96. The van der Waals surface area contributed by atoms with E-state index in [-0.39, 0.29) is 35.9 Å². The number of rotatable bonds is 4. The molecule has 1 aliphatic carbocycles. The first-order valence-electron chi connectivity index (χ1n) is 11.1. The van der Waals surface area contributed by atoms with Crippen LogP contribution in [0.15, 0.2) is 42.5 Å². The lowest BCUT2D eigenvalue weighted by molar-refractivity contribution is -0.915. The summed E-state index contributed by atoms with van der Waals surface area (Å²) in [5.41, 5.74) is 2.39.